The first-order valence-electron chi connectivity index (χ1n) is 8.95. The van der Waals surface area contributed by atoms with E-state index in [1.54, 1.807) is 19.2 Å². The lowest BCUT2D eigenvalue weighted by Gasteiger charge is -2.20. The van der Waals surface area contributed by atoms with E-state index >= 15 is 0 Å². The first kappa shape index (κ1) is 19.4. The topological polar surface area (TPSA) is 71.6 Å². The number of amides is 1. The molecule has 28 heavy (non-hydrogen) atoms. The maximum atomic E-state index is 12.8. The molecule has 1 amide bonds. The zero-order valence-electron chi connectivity index (χ0n) is 15.6. The summed E-state index contributed by atoms with van der Waals surface area (Å²) in [4.78, 5) is 18.3. The highest BCUT2D eigenvalue weighted by Crippen LogP contribution is 2.24. The van der Waals surface area contributed by atoms with Crippen molar-refractivity contribution in [2.24, 2.45) is 0 Å². The maximum absolute atomic E-state index is 12.8. The number of methoxy groups -OCH3 is 1. The van der Waals surface area contributed by atoms with Crippen molar-refractivity contribution in [1.29, 1.82) is 0 Å². The molecule has 0 spiro atoms. The van der Waals surface area contributed by atoms with Crippen molar-refractivity contribution in [3.8, 4) is 11.5 Å². The van der Waals surface area contributed by atoms with Gasteiger partial charge in [-0.05, 0) is 23.3 Å². The Morgan fingerprint density at radius 2 is 1.46 bits per heavy atom. The lowest BCUT2D eigenvalue weighted by molar-refractivity contribution is -0.124. The van der Waals surface area contributed by atoms with Gasteiger partial charge in [0, 0.05) is 6.54 Å². The summed E-state index contributed by atoms with van der Waals surface area (Å²) in [5.41, 5.74) is 7.43. The molecule has 3 N–H and O–H groups in total. The second kappa shape index (κ2) is 10.1. The number of rotatable bonds is 9. The van der Waals surface area contributed by atoms with Gasteiger partial charge in [-0.3, -0.25) is 4.79 Å². The summed E-state index contributed by atoms with van der Waals surface area (Å²) in [6, 6.07) is 25.8. The Morgan fingerprint density at radius 1 is 0.857 bits per heavy atom. The first-order chi connectivity index (χ1) is 13.8. The van der Waals surface area contributed by atoms with Crippen molar-refractivity contribution in [3.63, 3.8) is 0 Å². The van der Waals surface area contributed by atoms with E-state index in [0.717, 1.165) is 11.1 Å². The van der Waals surface area contributed by atoms with Gasteiger partial charge in [-0.25, -0.2) is 5.43 Å². The van der Waals surface area contributed by atoms with Crippen LogP contribution < -0.4 is 25.9 Å². The normalized spacial score (nSPS) is 11.5. The maximum Gasteiger partial charge on any atom is 0.243 e. The fourth-order valence-electron chi connectivity index (χ4n) is 2.68. The Labute approximate surface area is 164 Å². The summed E-state index contributed by atoms with van der Waals surface area (Å²) >= 11 is 0. The SMILES string of the molecule is COc1ccccc1ONNC(C(=O)NCc1ccccc1)c1ccccc1. The minimum absolute atomic E-state index is 0.175. The van der Waals surface area contributed by atoms with Crippen LogP contribution in [0.5, 0.6) is 11.5 Å². The highest BCUT2D eigenvalue weighted by atomic mass is 16.7. The van der Waals surface area contributed by atoms with Crippen LogP contribution in [0, 0.1) is 0 Å². The van der Waals surface area contributed by atoms with Gasteiger partial charge in [0.15, 0.2) is 11.5 Å². The summed E-state index contributed by atoms with van der Waals surface area (Å²) in [6.45, 7) is 0.443. The number of hydrogen-bond donors (Lipinski definition) is 3. The summed E-state index contributed by atoms with van der Waals surface area (Å²) in [5, 5.41) is 2.95. The quantitative estimate of drug-likeness (QED) is 0.500. The molecule has 0 saturated carbocycles. The molecule has 1 atom stereocenters. The Balaban J connectivity index is 1.64. The van der Waals surface area contributed by atoms with Crippen LogP contribution >= 0.6 is 0 Å². The van der Waals surface area contributed by atoms with Crippen LogP contribution in [0.2, 0.25) is 0 Å². The van der Waals surface area contributed by atoms with E-state index in [2.05, 4.69) is 16.3 Å². The number of carbonyl (C=O) groups is 1. The number of hydrazine groups is 1. The molecule has 0 saturated heterocycles. The van der Waals surface area contributed by atoms with E-state index in [1.165, 1.54) is 0 Å². The van der Waals surface area contributed by atoms with Gasteiger partial charge in [-0.2, -0.15) is 0 Å². The fourth-order valence-corrected chi connectivity index (χ4v) is 2.68. The second-order valence-corrected chi connectivity index (χ2v) is 6.05. The highest BCUT2D eigenvalue weighted by Gasteiger charge is 2.20. The van der Waals surface area contributed by atoms with Crippen molar-refractivity contribution in [2.45, 2.75) is 12.6 Å². The van der Waals surface area contributed by atoms with Crippen LogP contribution in [-0.4, -0.2) is 13.0 Å². The second-order valence-electron chi connectivity index (χ2n) is 6.05. The minimum Gasteiger partial charge on any atom is -0.493 e. The highest BCUT2D eigenvalue weighted by molar-refractivity contribution is 5.83. The fraction of sp³-hybridized carbons (Fsp3) is 0.136. The summed E-state index contributed by atoms with van der Waals surface area (Å²) in [7, 11) is 1.57. The molecule has 0 fully saturated rings. The van der Waals surface area contributed by atoms with Crippen molar-refractivity contribution >= 4 is 5.91 Å². The van der Waals surface area contributed by atoms with Gasteiger partial charge in [-0.15, -0.1) is 0 Å². The van der Waals surface area contributed by atoms with Crippen LogP contribution in [0.4, 0.5) is 0 Å². The smallest absolute Gasteiger partial charge is 0.243 e. The standard InChI is InChI=1S/C22H23N3O3/c1-27-19-14-8-9-15-20(19)28-25-24-21(18-12-6-3-7-13-18)22(26)23-16-17-10-4-2-5-11-17/h2-15,21,24-25H,16H2,1H3,(H,23,26). The summed E-state index contributed by atoms with van der Waals surface area (Å²) in [5.74, 6) is 0.918. The molecule has 144 valence electrons. The minimum atomic E-state index is -0.639. The molecule has 3 aromatic carbocycles. The van der Waals surface area contributed by atoms with Gasteiger partial charge >= 0.3 is 0 Å². The predicted octanol–water partition coefficient (Wildman–Crippen LogP) is 3.14. The van der Waals surface area contributed by atoms with Gasteiger partial charge in [-0.1, -0.05) is 78.4 Å². The van der Waals surface area contributed by atoms with Crippen molar-refractivity contribution < 1.29 is 14.4 Å². The number of nitrogens with one attached hydrogen (secondary N) is 3. The molecule has 0 aromatic heterocycles. The van der Waals surface area contributed by atoms with Crippen LogP contribution in [0.1, 0.15) is 17.2 Å². The zero-order valence-corrected chi connectivity index (χ0v) is 15.6. The van der Waals surface area contributed by atoms with E-state index in [1.807, 2.05) is 72.8 Å². The summed E-state index contributed by atoms with van der Waals surface area (Å²) in [6.07, 6.45) is 0. The molecular formula is C22H23N3O3. The Kier molecular flexibility index (Phi) is 7.01. The lowest BCUT2D eigenvalue weighted by atomic mass is 10.1. The molecule has 6 heteroatoms. The van der Waals surface area contributed by atoms with Crippen LogP contribution in [0.25, 0.3) is 0 Å². The number of carbonyl (C=O) groups excluding carboxylic acids is 1. The number of para-hydroxylation sites is 2. The van der Waals surface area contributed by atoms with Gasteiger partial charge in [0.1, 0.15) is 6.04 Å². The Bertz CT molecular complexity index is 872. The van der Waals surface area contributed by atoms with Crippen LogP contribution in [-0.2, 0) is 11.3 Å². The molecule has 0 aliphatic carbocycles. The molecule has 3 aromatic rings. The van der Waals surface area contributed by atoms with Gasteiger partial charge in [0.2, 0.25) is 5.91 Å². The zero-order chi connectivity index (χ0) is 19.6. The Hall–Kier alpha value is -3.35. The molecule has 0 heterocycles. The molecule has 0 aliphatic rings. The lowest BCUT2D eigenvalue weighted by Crippen LogP contribution is -2.45. The van der Waals surface area contributed by atoms with Gasteiger partial charge < -0.3 is 14.9 Å². The monoisotopic (exact) mass is 377 g/mol. The van der Waals surface area contributed by atoms with E-state index < -0.39 is 6.04 Å². The molecular weight excluding hydrogens is 354 g/mol. The van der Waals surface area contributed by atoms with Crippen molar-refractivity contribution in [2.75, 3.05) is 7.11 Å². The van der Waals surface area contributed by atoms with E-state index in [4.69, 9.17) is 9.57 Å². The molecule has 1 unspecified atom stereocenters. The number of ether oxygens (including phenoxy) is 1. The van der Waals surface area contributed by atoms with Gasteiger partial charge in [0.25, 0.3) is 0 Å². The molecule has 0 bridgehead atoms. The largest absolute Gasteiger partial charge is 0.493 e. The summed E-state index contributed by atoms with van der Waals surface area (Å²) < 4.78 is 5.25. The van der Waals surface area contributed by atoms with Crippen LogP contribution in [0.3, 0.4) is 0 Å². The predicted molar refractivity (Wildman–Crippen MR) is 107 cm³/mol. The van der Waals surface area contributed by atoms with Crippen LogP contribution in [0.15, 0.2) is 84.9 Å². The first-order valence-corrected chi connectivity index (χ1v) is 8.95. The van der Waals surface area contributed by atoms with E-state index in [9.17, 15) is 4.79 Å². The van der Waals surface area contributed by atoms with Crippen molar-refractivity contribution in [1.82, 2.24) is 16.3 Å². The third kappa shape index (κ3) is 5.33. The molecule has 0 radical (unpaired) electrons. The molecule has 0 aliphatic heterocycles. The van der Waals surface area contributed by atoms with Crippen molar-refractivity contribution in [3.05, 3.63) is 96.1 Å². The average molecular weight is 377 g/mol. The molecule has 6 nitrogen and oxygen atoms in total. The molecule has 3 rings (SSSR count). The average Bonchev–Trinajstić information content (AvgIpc) is 2.76. The third-order valence-corrected chi connectivity index (χ3v) is 4.14. The third-order valence-electron chi connectivity index (χ3n) is 4.14. The number of benzene rings is 3. The van der Waals surface area contributed by atoms with Gasteiger partial charge in [0.05, 0.1) is 7.11 Å². The number of hydrogen-bond acceptors (Lipinski definition) is 5. The van der Waals surface area contributed by atoms with E-state index in [0.29, 0.717) is 18.0 Å². The van der Waals surface area contributed by atoms with E-state index in [-0.39, 0.29) is 5.91 Å². The Morgan fingerprint density at radius 3 is 2.14 bits per heavy atom.